The Labute approximate surface area is 119 Å². The molecule has 1 rings (SSSR count). The maximum atomic E-state index is 13.7. The fourth-order valence-corrected chi connectivity index (χ4v) is 2.01. The molecule has 5 heteroatoms. The van der Waals surface area contributed by atoms with Gasteiger partial charge in [0.15, 0.2) is 11.6 Å². The molecular weight excluding hydrogens is 259 g/mol. The zero-order chi connectivity index (χ0) is 15.1. The van der Waals surface area contributed by atoms with Crippen molar-refractivity contribution < 1.29 is 13.9 Å². The summed E-state index contributed by atoms with van der Waals surface area (Å²) in [6, 6.07) is 2.34. The molecule has 1 atom stereocenters. The lowest BCUT2D eigenvalue weighted by Gasteiger charge is -2.16. The fraction of sp³-hybridized carbons (Fsp3) is 0.533. The van der Waals surface area contributed by atoms with E-state index in [1.807, 2.05) is 6.92 Å². The number of carbonyl (C=O) groups excluding carboxylic acids is 1. The largest absolute Gasteiger partial charge is 0.488 e. The highest BCUT2D eigenvalue weighted by molar-refractivity contribution is 5.98. The van der Waals surface area contributed by atoms with Crippen LogP contribution in [-0.2, 0) is 0 Å². The summed E-state index contributed by atoms with van der Waals surface area (Å²) in [5.41, 5.74) is 10.8. The second kappa shape index (κ2) is 7.72. The third-order valence-electron chi connectivity index (χ3n) is 3.16. The zero-order valence-corrected chi connectivity index (χ0v) is 12.1. The van der Waals surface area contributed by atoms with Crippen LogP contribution in [0.1, 0.15) is 56.3 Å². The van der Waals surface area contributed by atoms with Gasteiger partial charge in [-0.15, -0.1) is 0 Å². The monoisotopic (exact) mass is 282 g/mol. The molecule has 1 amide bonds. The van der Waals surface area contributed by atoms with Crippen molar-refractivity contribution in [2.45, 2.75) is 52.1 Å². The molecule has 112 valence electrons. The highest BCUT2D eigenvalue weighted by atomic mass is 19.1. The first-order chi connectivity index (χ1) is 9.45. The number of halogens is 1. The summed E-state index contributed by atoms with van der Waals surface area (Å²) in [5.74, 6) is -1.24. The number of benzene rings is 1. The molecule has 1 aromatic carbocycles. The molecule has 0 bridgehead atoms. The van der Waals surface area contributed by atoms with Gasteiger partial charge in [-0.2, -0.15) is 0 Å². The van der Waals surface area contributed by atoms with E-state index < -0.39 is 11.7 Å². The lowest BCUT2D eigenvalue weighted by molar-refractivity contribution is 0.1000. The normalized spacial score (nSPS) is 12.2. The van der Waals surface area contributed by atoms with Crippen molar-refractivity contribution in [3.8, 4) is 5.75 Å². The van der Waals surface area contributed by atoms with Gasteiger partial charge < -0.3 is 16.2 Å². The highest BCUT2D eigenvalue weighted by Gasteiger charge is 2.14. The molecule has 0 aliphatic rings. The van der Waals surface area contributed by atoms with E-state index in [2.05, 4.69) is 6.92 Å². The smallest absolute Gasteiger partial charge is 0.250 e. The van der Waals surface area contributed by atoms with Gasteiger partial charge in [-0.1, -0.05) is 26.2 Å². The van der Waals surface area contributed by atoms with Crippen LogP contribution in [0.5, 0.6) is 5.75 Å². The van der Waals surface area contributed by atoms with Crippen LogP contribution in [0.2, 0.25) is 0 Å². The number of anilines is 1. The molecule has 1 unspecified atom stereocenters. The van der Waals surface area contributed by atoms with Crippen LogP contribution < -0.4 is 16.2 Å². The molecule has 0 aromatic heterocycles. The van der Waals surface area contributed by atoms with Gasteiger partial charge in [0, 0.05) is 11.8 Å². The first-order valence-electron chi connectivity index (χ1n) is 7.01. The number of carbonyl (C=O) groups is 1. The summed E-state index contributed by atoms with van der Waals surface area (Å²) in [6.45, 7) is 4.03. The van der Waals surface area contributed by atoms with Crippen molar-refractivity contribution in [3.63, 3.8) is 0 Å². The third-order valence-corrected chi connectivity index (χ3v) is 3.16. The number of nitrogen functional groups attached to an aromatic ring is 1. The van der Waals surface area contributed by atoms with Gasteiger partial charge in [-0.25, -0.2) is 4.39 Å². The summed E-state index contributed by atoms with van der Waals surface area (Å²) in [5, 5.41) is 0. The van der Waals surface area contributed by atoms with Crippen molar-refractivity contribution in [2.75, 3.05) is 5.73 Å². The van der Waals surface area contributed by atoms with Crippen LogP contribution in [0.4, 0.5) is 10.1 Å². The third kappa shape index (κ3) is 4.72. The summed E-state index contributed by atoms with van der Waals surface area (Å²) < 4.78 is 19.3. The number of hydrogen-bond acceptors (Lipinski definition) is 3. The summed E-state index contributed by atoms with van der Waals surface area (Å²) in [4.78, 5) is 11.2. The van der Waals surface area contributed by atoms with Gasteiger partial charge >= 0.3 is 0 Å². The second-order valence-corrected chi connectivity index (χ2v) is 5.01. The molecule has 0 saturated carbocycles. The van der Waals surface area contributed by atoms with Crippen molar-refractivity contribution >= 4 is 11.6 Å². The Kier molecular flexibility index (Phi) is 6.28. The van der Waals surface area contributed by atoms with E-state index >= 15 is 0 Å². The Morgan fingerprint density at radius 2 is 2.05 bits per heavy atom. The number of hydrogen-bond donors (Lipinski definition) is 2. The van der Waals surface area contributed by atoms with E-state index in [0.717, 1.165) is 25.3 Å². The van der Waals surface area contributed by atoms with E-state index in [-0.39, 0.29) is 23.1 Å². The lowest BCUT2D eigenvalue weighted by Crippen LogP contribution is -2.16. The average molecular weight is 282 g/mol. The minimum atomic E-state index is -0.692. The van der Waals surface area contributed by atoms with Crippen LogP contribution in [-0.4, -0.2) is 12.0 Å². The zero-order valence-electron chi connectivity index (χ0n) is 12.1. The van der Waals surface area contributed by atoms with Crippen LogP contribution in [0.25, 0.3) is 0 Å². The summed E-state index contributed by atoms with van der Waals surface area (Å²) >= 11 is 0. The second-order valence-electron chi connectivity index (χ2n) is 5.01. The SMILES string of the molecule is CCCCCCC(C)Oc1cc(C(N)=O)c(N)cc1F. The molecule has 4 nitrogen and oxygen atoms in total. The number of primary amides is 1. The van der Waals surface area contributed by atoms with Gasteiger partial charge in [0.05, 0.1) is 11.7 Å². The lowest BCUT2D eigenvalue weighted by atomic mass is 10.1. The van der Waals surface area contributed by atoms with Gasteiger partial charge in [0.2, 0.25) is 0 Å². The van der Waals surface area contributed by atoms with Crippen molar-refractivity contribution in [1.29, 1.82) is 0 Å². The van der Waals surface area contributed by atoms with Gasteiger partial charge in [-0.05, 0) is 25.8 Å². The van der Waals surface area contributed by atoms with Crippen molar-refractivity contribution in [1.82, 2.24) is 0 Å². The molecule has 1 aromatic rings. The fourth-order valence-electron chi connectivity index (χ4n) is 2.01. The van der Waals surface area contributed by atoms with E-state index in [4.69, 9.17) is 16.2 Å². The Hall–Kier alpha value is -1.78. The van der Waals surface area contributed by atoms with Crippen LogP contribution in [0.3, 0.4) is 0 Å². The minimum Gasteiger partial charge on any atom is -0.488 e. The standard InChI is InChI=1S/C15H23FN2O2/c1-3-4-5-6-7-10(2)20-14-8-11(15(18)19)13(17)9-12(14)16/h8-10H,3-7,17H2,1-2H3,(H2,18,19). The van der Waals surface area contributed by atoms with E-state index in [9.17, 15) is 9.18 Å². The maximum Gasteiger partial charge on any atom is 0.250 e. The number of amides is 1. The number of nitrogens with two attached hydrogens (primary N) is 2. The average Bonchev–Trinajstić information content (AvgIpc) is 2.37. The van der Waals surface area contributed by atoms with Crippen LogP contribution >= 0.6 is 0 Å². The van der Waals surface area contributed by atoms with Crippen molar-refractivity contribution in [3.05, 3.63) is 23.5 Å². The molecule has 0 aliphatic carbocycles. The molecular formula is C15H23FN2O2. The molecule has 4 N–H and O–H groups in total. The summed E-state index contributed by atoms with van der Waals surface area (Å²) in [6.07, 6.45) is 5.26. The Morgan fingerprint density at radius 1 is 1.35 bits per heavy atom. The predicted octanol–water partition coefficient (Wildman–Crippen LogP) is 3.24. The van der Waals surface area contributed by atoms with E-state index in [1.165, 1.54) is 18.9 Å². The minimum absolute atomic E-state index is 0.0241. The Bertz CT molecular complexity index is 463. The first-order valence-corrected chi connectivity index (χ1v) is 7.01. The van der Waals surface area contributed by atoms with Gasteiger partial charge in [0.25, 0.3) is 5.91 Å². The van der Waals surface area contributed by atoms with Crippen LogP contribution in [0.15, 0.2) is 12.1 Å². The molecule has 0 radical (unpaired) electrons. The summed E-state index contributed by atoms with van der Waals surface area (Å²) in [7, 11) is 0. The predicted molar refractivity (Wildman–Crippen MR) is 78.2 cm³/mol. The quantitative estimate of drug-likeness (QED) is 0.567. The number of ether oxygens (including phenoxy) is 1. The molecule has 0 aliphatic heterocycles. The number of unbranched alkanes of at least 4 members (excludes halogenated alkanes) is 3. The molecule has 20 heavy (non-hydrogen) atoms. The maximum absolute atomic E-state index is 13.7. The Balaban J connectivity index is 2.67. The highest BCUT2D eigenvalue weighted by Crippen LogP contribution is 2.25. The van der Waals surface area contributed by atoms with Gasteiger partial charge in [0.1, 0.15) is 0 Å². The topological polar surface area (TPSA) is 78.3 Å². The van der Waals surface area contributed by atoms with Gasteiger partial charge in [-0.3, -0.25) is 4.79 Å². The molecule has 0 spiro atoms. The van der Waals surface area contributed by atoms with Crippen molar-refractivity contribution in [2.24, 2.45) is 5.73 Å². The Morgan fingerprint density at radius 3 is 2.65 bits per heavy atom. The molecule has 0 heterocycles. The molecule has 0 fully saturated rings. The number of rotatable bonds is 8. The first kappa shape index (κ1) is 16.3. The van der Waals surface area contributed by atoms with E-state index in [0.29, 0.717) is 0 Å². The van der Waals surface area contributed by atoms with E-state index in [1.54, 1.807) is 0 Å². The molecule has 0 saturated heterocycles. The van der Waals surface area contributed by atoms with Crippen LogP contribution in [0, 0.1) is 5.82 Å².